The Morgan fingerprint density at radius 1 is 0.913 bits per heavy atom. The van der Waals surface area contributed by atoms with Crippen LogP contribution in [-0.2, 0) is 30.3 Å². The summed E-state index contributed by atoms with van der Waals surface area (Å²) in [6.07, 6.45) is 10.4. The number of benzene rings is 3. The molecule has 3 aromatic carbocycles. The fourth-order valence-corrected chi connectivity index (χ4v) is 8.21. The molecule has 0 spiro atoms. The predicted octanol–water partition coefficient (Wildman–Crippen LogP) is 11.1. The average Bonchev–Trinajstić information content (AvgIpc) is 3.78. The summed E-state index contributed by atoms with van der Waals surface area (Å²) in [5.74, 6) is 1.47. The zero-order valence-electron chi connectivity index (χ0n) is 28.3. The molecule has 4 heteroatoms. The molecule has 3 aliphatic rings. The summed E-state index contributed by atoms with van der Waals surface area (Å²) in [4.78, 5) is 17.0. The largest absolute Gasteiger partial charge is 0.512 e. The number of aliphatic hydroxyl groups is 1. The second-order valence-corrected chi connectivity index (χ2v) is 14.5. The summed E-state index contributed by atoms with van der Waals surface area (Å²) in [5.41, 5.74) is 12.5. The maximum atomic E-state index is 11.8. The van der Waals surface area contributed by atoms with E-state index in [9.17, 15) is 9.90 Å². The van der Waals surface area contributed by atoms with Gasteiger partial charge in [-0.05, 0) is 71.2 Å². The van der Waals surface area contributed by atoms with Gasteiger partial charge in [-0.25, -0.2) is 0 Å². The summed E-state index contributed by atoms with van der Waals surface area (Å²) < 4.78 is 0. The van der Waals surface area contributed by atoms with E-state index >= 15 is 0 Å². The van der Waals surface area contributed by atoms with E-state index in [2.05, 4.69) is 102 Å². The number of hydrogen-bond donors (Lipinski definition) is 1. The smallest absolute Gasteiger partial charge is 0.162 e. The Bertz CT molecular complexity index is 1750. The summed E-state index contributed by atoms with van der Waals surface area (Å²) in [6, 6.07) is 23.4. The number of nitrogens with zero attached hydrogens (tertiary/aromatic N) is 1. The van der Waals surface area contributed by atoms with Crippen LogP contribution in [0.25, 0.3) is 33.3 Å². The minimum atomic E-state index is -0.122. The number of aryl methyl sites for hydroxylation is 2. The van der Waals surface area contributed by atoms with Crippen LogP contribution in [0.2, 0.25) is 0 Å². The Morgan fingerprint density at radius 2 is 1.57 bits per heavy atom. The number of rotatable bonds is 5. The molecule has 1 heterocycles. The molecule has 0 bridgehead atoms. The molecule has 7 rings (SSSR count). The minimum absolute atomic E-state index is 0. The van der Waals surface area contributed by atoms with Crippen LogP contribution in [0.15, 0.2) is 66.4 Å². The first-order chi connectivity index (χ1) is 21.6. The number of fused-ring (bicyclic) bond motifs is 5. The average molecular weight is 791 g/mol. The minimum Gasteiger partial charge on any atom is -0.512 e. The van der Waals surface area contributed by atoms with Crippen LogP contribution in [0.1, 0.15) is 113 Å². The van der Waals surface area contributed by atoms with Gasteiger partial charge in [0.15, 0.2) is 5.78 Å². The van der Waals surface area contributed by atoms with Gasteiger partial charge in [0.2, 0.25) is 0 Å². The molecule has 0 amide bonds. The van der Waals surface area contributed by atoms with Gasteiger partial charge < -0.3 is 5.11 Å². The van der Waals surface area contributed by atoms with Crippen LogP contribution < -0.4 is 0 Å². The van der Waals surface area contributed by atoms with Crippen molar-refractivity contribution in [2.75, 3.05) is 0 Å². The summed E-state index contributed by atoms with van der Waals surface area (Å²) in [7, 11) is 0. The third-order valence-corrected chi connectivity index (χ3v) is 10.4. The molecule has 2 fully saturated rings. The zero-order valence-corrected chi connectivity index (χ0v) is 30.7. The van der Waals surface area contributed by atoms with Crippen LogP contribution in [-0.4, -0.2) is 15.9 Å². The van der Waals surface area contributed by atoms with Crippen LogP contribution in [0.3, 0.4) is 0 Å². The van der Waals surface area contributed by atoms with Gasteiger partial charge in [-0.1, -0.05) is 104 Å². The van der Waals surface area contributed by atoms with E-state index in [1.54, 1.807) is 0 Å². The summed E-state index contributed by atoms with van der Waals surface area (Å²) in [5, 5.41) is 11.1. The topological polar surface area (TPSA) is 50.2 Å². The van der Waals surface area contributed by atoms with Crippen molar-refractivity contribution in [3.63, 3.8) is 0 Å². The van der Waals surface area contributed by atoms with Gasteiger partial charge in [0.1, 0.15) is 0 Å². The molecule has 0 aliphatic heterocycles. The number of ketones is 1. The standard InChI is InChI=1S/C29H28N.C13H20O2.Ir/c1-17(2)21-11-9-12-23-25-22-10-7-8-13-24(22)30-28(27(25)29(5,6)26(21)23)20-15-18(3)14-19(4)16-20;14-12(10-5-1-2-6-10)9-13(15)11-7-3-4-8-11;/h7-15,17H,1-6H3;9-11,14H,1-8H2;/q-1;;/b;12-9-;. The van der Waals surface area contributed by atoms with Gasteiger partial charge in [-0.3, -0.25) is 9.78 Å². The molecule has 0 atom stereocenters. The van der Waals surface area contributed by atoms with Crippen molar-refractivity contribution in [2.24, 2.45) is 11.8 Å². The second kappa shape index (κ2) is 14.0. The van der Waals surface area contributed by atoms with E-state index in [1.807, 2.05) is 0 Å². The molecule has 3 nitrogen and oxygen atoms in total. The van der Waals surface area contributed by atoms with E-state index in [-0.39, 0.29) is 43.1 Å². The van der Waals surface area contributed by atoms with Crippen LogP contribution in [0, 0.1) is 31.7 Å². The van der Waals surface area contributed by atoms with E-state index in [0.29, 0.717) is 11.7 Å². The molecule has 46 heavy (non-hydrogen) atoms. The second-order valence-electron chi connectivity index (χ2n) is 14.5. The van der Waals surface area contributed by atoms with Crippen LogP contribution in [0.4, 0.5) is 0 Å². The normalized spacial score (nSPS) is 17.4. The maximum absolute atomic E-state index is 11.8. The van der Waals surface area contributed by atoms with Crippen molar-refractivity contribution in [1.82, 2.24) is 4.98 Å². The SMILES string of the molecule is Cc1[c-]c(-c2nc3ccccc3c3c2C(C)(C)c2c-3cccc2C(C)C)cc(C)c1.O=C(/C=C(\O)C1CCCC1)C1CCCC1.[Ir]. The third-order valence-electron chi connectivity index (χ3n) is 10.4. The Balaban J connectivity index is 0.000000220. The number of carbonyl (C=O) groups is 1. The monoisotopic (exact) mass is 791 g/mol. The van der Waals surface area contributed by atoms with Gasteiger partial charge in [0, 0.05) is 48.8 Å². The fourth-order valence-electron chi connectivity index (χ4n) is 8.21. The first kappa shape index (κ1) is 34.3. The molecule has 1 aromatic heterocycles. The molecule has 4 aromatic rings. The summed E-state index contributed by atoms with van der Waals surface area (Å²) >= 11 is 0. The van der Waals surface area contributed by atoms with Gasteiger partial charge in [-0.15, -0.1) is 34.9 Å². The first-order valence-electron chi connectivity index (χ1n) is 17.1. The van der Waals surface area contributed by atoms with Gasteiger partial charge in [0.25, 0.3) is 0 Å². The molecule has 3 aliphatic carbocycles. The predicted molar refractivity (Wildman–Crippen MR) is 187 cm³/mol. The Hall–Kier alpha value is -3.07. The third kappa shape index (κ3) is 6.53. The van der Waals surface area contributed by atoms with Crippen molar-refractivity contribution in [1.29, 1.82) is 0 Å². The quantitative estimate of drug-likeness (QED) is 0.124. The van der Waals surface area contributed by atoms with Crippen molar-refractivity contribution in [2.45, 2.75) is 104 Å². The molecule has 243 valence electrons. The Kier molecular flexibility index (Phi) is 10.4. The van der Waals surface area contributed by atoms with Gasteiger partial charge >= 0.3 is 0 Å². The number of para-hydroxylation sites is 1. The summed E-state index contributed by atoms with van der Waals surface area (Å²) in [6.45, 7) is 13.6. The number of aliphatic hydroxyl groups excluding tert-OH is 1. The first-order valence-corrected chi connectivity index (χ1v) is 17.1. The molecular weight excluding hydrogens is 743 g/mol. The van der Waals surface area contributed by atoms with Gasteiger partial charge in [-0.2, -0.15) is 0 Å². The van der Waals surface area contributed by atoms with E-state index < -0.39 is 0 Å². The van der Waals surface area contributed by atoms with E-state index in [1.165, 1.54) is 70.5 Å². The van der Waals surface area contributed by atoms with Crippen LogP contribution in [0.5, 0.6) is 0 Å². The molecule has 1 N–H and O–H groups in total. The maximum Gasteiger partial charge on any atom is 0.162 e. The number of hydrogen-bond acceptors (Lipinski definition) is 3. The van der Waals surface area contributed by atoms with Crippen LogP contribution >= 0.6 is 0 Å². The van der Waals surface area contributed by atoms with Crippen molar-refractivity contribution in [3.05, 3.63) is 100 Å². The zero-order chi connectivity index (χ0) is 31.9. The molecule has 2 saturated carbocycles. The number of allylic oxidation sites excluding steroid dienone is 2. The van der Waals surface area contributed by atoms with Crippen molar-refractivity contribution < 1.29 is 30.0 Å². The fraction of sp³-hybridized carbons (Fsp3) is 0.429. The number of aromatic nitrogens is 1. The van der Waals surface area contributed by atoms with Crippen molar-refractivity contribution >= 4 is 16.7 Å². The van der Waals surface area contributed by atoms with Gasteiger partial charge in [0.05, 0.1) is 11.3 Å². The molecule has 0 unspecified atom stereocenters. The number of pyridine rings is 1. The number of carbonyl (C=O) groups excluding carboxylic acids is 1. The molecular formula is C42H48IrNO2-. The molecule has 1 radical (unpaired) electrons. The van der Waals surface area contributed by atoms with E-state index in [0.717, 1.165) is 48.0 Å². The molecule has 0 saturated heterocycles. The Morgan fingerprint density at radius 3 is 2.22 bits per heavy atom. The van der Waals surface area contributed by atoms with E-state index in [4.69, 9.17) is 4.98 Å². The Labute approximate surface area is 289 Å². The van der Waals surface area contributed by atoms with Crippen molar-refractivity contribution in [3.8, 4) is 22.4 Å².